The number of nitrogens with zero attached hydrogens (tertiary/aromatic N) is 5. The highest BCUT2D eigenvalue weighted by Crippen LogP contribution is 2.39. The summed E-state index contributed by atoms with van der Waals surface area (Å²) < 4.78 is 4.17. The summed E-state index contributed by atoms with van der Waals surface area (Å²) >= 11 is 0. The van der Waals surface area contributed by atoms with E-state index in [1.807, 2.05) is 86.1 Å². The summed E-state index contributed by atoms with van der Waals surface area (Å²) in [5.41, 5.74) is 7.96. The Bertz CT molecular complexity index is 1610. The number of nitrogens with one attached hydrogen (secondary N) is 1. The van der Waals surface area contributed by atoms with Gasteiger partial charge in [0.15, 0.2) is 0 Å². The number of rotatable bonds is 4. The lowest BCUT2D eigenvalue weighted by Crippen LogP contribution is -2.38. The third-order valence-corrected chi connectivity index (χ3v) is 7.38. The fraction of sp³-hybridized carbons (Fsp3) is 0.188. The third-order valence-electron chi connectivity index (χ3n) is 7.38. The zero-order valence-corrected chi connectivity index (χ0v) is 22.7. The summed E-state index contributed by atoms with van der Waals surface area (Å²) in [7, 11) is 4.06. The Morgan fingerprint density at radius 1 is 0.897 bits per heavy atom. The Morgan fingerprint density at radius 2 is 1.62 bits per heavy atom. The molecule has 1 unspecified atom stereocenters. The zero-order chi connectivity index (χ0) is 27.1. The van der Waals surface area contributed by atoms with Crippen LogP contribution in [0.5, 0.6) is 0 Å². The fourth-order valence-electron chi connectivity index (χ4n) is 5.29. The molecule has 1 atom stereocenters. The van der Waals surface area contributed by atoms with Gasteiger partial charge in [-0.1, -0.05) is 48.0 Å². The molecule has 7 nitrogen and oxygen atoms in total. The Morgan fingerprint density at radius 3 is 2.31 bits per heavy atom. The molecule has 0 bridgehead atoms. The molecule has 1 aliphatic heterocycles. The van der Waals surface area contributed by atoms with Gasteiger partial charge >= 0.3 is 6.03 Å². The normalized spacial score (nSPS) is 14.4. The Balaban J connectivity index is 1.52. The highest BCUT2D eigenvalue weighted by atomic mass is 16.2. The predicted molar refractivity (Wildman–Crippen MR) is 156 cm³/mol. The number of urea groups is 1. The molecule has 0 fully saturated rings. The minimum Gasteiger partial charge on any atom is -0.378 e. The number of benzene rings is 3. The highest BCUT2D eigenvalue weighted by molar-refractivity contribution is 5.90. The molecular weight excluding hydrogens is 484 g/mol. The molecule has 5 aromatic rings. The molecule has 0 aliphatic carbocycles. The molecule has 3 heterocycles. The van der Waals surface area contributed by atoms with Gasteiger partial charge in [0, 0.05) is 37.2 Å². The van der Waals surface area contributed by atoms with E-state index in [0.29, 0.717) is 6.54 Å². The van der Waals surface area contributed by atoms with Gasteiger partial charge in [-0.05, 0) is 67.9 Å². The number of aryl methyl sites for hydroxylation is 2. The summed E-state index contributed by atoms with van der Waals surface area (Å²) in [6, 6.07) is 30.2. The van der Waals surface area contributed by atoms with Crippen molar-refractivity contribution in [1.82, 2.24) is 19.2 Å². The van der Waals surface area contributed by atoms with Crippen LogP contribution in [-0.4, -0.2) is 39.4 Å². The fourth-order valence-corrected chi connectivity index (χ4v) is 5.29. The molecule has 1 aliphatic rings. The van der Waals surface area contributed by atoms with Gasteiger partial charge in [0.25, 0.3) is 0 Å². The summed E-state index contributed by atoms with van der Waals surface area (Å²) in [5.74, 6) is 0.958. The predicted octanol–water partition coefficient (Wildman–Crippen LogP) is 6.48. The average molecular weight is 517 g/mol. The van der Waals surface area contributed by atoms with Crippen molar-refractivity contribution in [1.29, 1.82) is 0 Å². The van der Waals surface area contributed by atoms with Gasteiger partial charge < -0.3 is 19.7 Å². The molecule has 0 radical (unpaired) electrons. The van der Waals surface area contributed by atoms with Crippen molar-refractivity contribution in [2.24, 2.45) is 0 Å². The van der Waals surface area contributed by atoms with Gasteiger partial charge in [-0.15, -0.1) is 0 Å². The van der Waals surface area contributed by atoms with Crippen LogP contribution in [-0.2, 0) is 6.54 Å². The van der Waals surface area contributed by atoms with Crippen LogP contribution >= 0.6 is 0 Å². The molecule has 3 aromatic carbocycles. The highest BCUT2D eigenvalue weighted by Gasteiger charge is 2.36. The molecule has 2 aromatic heterocycles. The summed E-state index contributed by atoms with van der Waals surface area (Å²) in [6.45, 7) is 4.47. The number of aromatic nitrogens is 3. The molecule has 7 heteroatoms. The first kappa shape index (κ1) is 24.6. The van der Waals surface area contributed by atoms with E-state index in [-0.39, 0.29) is 12.1 Å². The van der Waals surface area contributed by atoms with E-state index < -0.39 is 0 Å². The van der Waals surface area contributed by atoms with Crippen molar-refractivity contribution in [3.8, 4) is 11.5 Å². The van der Waals surface area contributed by atoms with Crippen molar-refractivity contribution in [3.05, 3.63) is 125 Å². The lowest BCUT2D eigenvalue weighted by Gasteiger charge is -2.31. The average Bonchev–Trinajstić information content (AvgIpc) is 3.51. The molecule has 1 N–H and O–H groups in total. The SMILES string of the molecule is Cc1ccc(NC(=O)N2Cc3c(C)nn(-c4ccccc4)c3-n3cccc3C2c2ccc(N(C)C)cc2)cc1. The van der Waals surface area contributed by atoms with Crippen LogP contribution in [0.1, 0.15) is 34.1 Å². The van der Waals surface area contributed by atoms with Gasteiger partial charge in [-0.2, -0.15) is 5.10 Å². The summed E-state index contributed by atoms with van der Waals surface area (Å²) in [5, 5.41) is 8.08. The van der Waals surface area contributed by atoms with Crippen LogP contribution in [0, 0.1) is 13.8 Å². The van der Waals surface area contributed by atoms with Crippen LogP contribution in [0.3, 0.4) is 0 Å². The van der Waals surface area contributed by atoms with Crippen molar-refractivity contribution in [2.75, 3.05) is 24.3 Å². The molecule has 6 rings (SSSR count). The number of para-hydroxylation sites is 1. The monoisotopic (exact) mass is 516 g/mol. The van der Waals surface area contributed by atoms with Crippen LogP contribution in [0.15, 0.2) is 97.2 Å². The van der Waals surface area contributed by atoms with Crippen LogP contribution in [0.2, 0.25) is 0 Å². The first-order valence-corrected chi connectivity index (χ1v) is 13.1. The third kappa shape index (κ3) is 4.46. The van der Waals surface area contributed by atoms with E-state index in [1.165, 1.54) is 0 Å². The first-order chi connectivity index (χ1) is 18.9. The number of hydrogen-bond acceptors (Lipinski definition) is 3. The van der Waals surface area contributed by atoms with Crippen molar-refractivity contribution >= 4 is 17.4 Å². The maximum atomic E-state index is 14.1. The first-order valence-electron chi connectivity index (χ1n) is 13.1. The number of anilines is 2. The number of amides is 2. The molecule has 196 valence electrons. The van der Waals surface area contributed by atoms with Crippen molar-refractivity contribution in [3.63, 3.8) is 0 Å². The van der Waals surface area contributed by atoms with E-state index in [4.69, 9.17) is 5.10 Å². The summed E-state index contributed by atoms with van der Waals surface area (Å²) in [4.78, 5) is 18.1. The summed E-state index contributed by atoms with van der Waals surface area (Å²) in [6.07, 6.45) is 2.07. The van der Waals surface area contributed by atoms with Crippen LogP contribution in [0.4, 0.5) is 16.2 Å². The van der Waals surface area contributed by atoms with Gasteiger partial charge in [0.2, 0.25) is 0 Å². The second-order valence-corrected chi connectivity index (χ2v) is 10.3. The van der Waals surface area contributed by atoms with Gasteiger partial charge in [0.1, 0.15) is 5.82 Å². The van der Waals surface area contributed by atoms with Crippen molar-refractivity contribution in [2.45, 2.75) is 26.4 Å². The molecule has 2 amide bonds. The maximum absolute atomic E-state index is 14.1. The number of hydrogen-bond donors (Lipinski definition) is 1. The Hall–Kier alpha value is -4.78. The second kappa shape index (κ2) is 9.83. The Labute approximate surface area is 228 Å². The topological polar surface area (TPSA) is 58.3 Å². The van der Waals surface area contributed by atoms with Gasteiger partial charge in [-0.3, -0.25) is 0 Å². The van der Waals surface area contributed by atoms with Crippen LogP contribution in [0.25, 0.3) is 11.5 Å². The lowest BCUT2D eigenvalue weighted by molar-refractivity contribution is 0.194. The molecule has 0 saturated heterocycles. The van der Waals surface area contributed by atoms with Gasteiger partial charge in [0.05, 0.1) is 29.7 Å². The lowest BCUT2D eigenvalue weighted by atomic mass is 10.0. The maximum Gasteiger partial charge on any atom is 0.322 e. The van der Waals surface area contributed by atoms with E-state index in [2.05, 4.69) is 63.4 Å². The van der Waals surface area contributed by atoms with E-state index in [0.717, 1.165) is 51.0 Å². The molecule has 0 saturated carbocycles. The number of carbonyl (C=O) groups excluding carboxylic acids is 1. The zero-order valence-electron chi connectivity index (χ0n) is 22.7. The van der Waals surface area contributed by atoms with Crippen molar-refractivity contribution < 1.29 is 4.79 Å². The smallest absolute Gasteiger partial charge is 0.322 e. The van der Waals surface area contributed by atoms with E-state index in [9.17, 15) is 4.79 Å². The number of carbonyl (C=O) groups is 1. The van der Waals surface area contributed by atoms with Crippen LogP contribution < -0.4 is 10.2 Å². The largest absolute Gasteiger partial charge is 0.378 e. The Kier molecular flexibility index (Phi) is 6.19. The van der Waals surface area contributed by atoms with Gasteiger partial charge in [-0.25, -0.2) is 9.48 Å². The second-order valence-electron chi connectivity index (χ2n) is 10.3. The van der Waals surface area contributed by atoms with E-state index in [1.54, 1.807) is 0 Å². The number of fused-ring (bicyclic) bond motifs is 3. The quantitative estimate of drug-likeness (QED) is 0.297. The molecular formula is C32H32N6O. The molecule has 0 spiro atoms. The minimum absolute atomic E-state index is 0.159. The molecule has 39 heavy (non-hydrogen) atoms. The van der Waals surface area contributed by atoms with E-state index >= 15 is 0 Å². The minimum atomic E-state index is -0.308. The standard InChI is InChI=1S/C32H32N6O/c1-22-12-16-25(17-13-22)33-32(39)37-21-28-23(2)34-38(27-9-6-5-7-10-27)31(28)36-20-8-11-29(36)30(37)24-14-18-26(19-15-24)35(3)4/h5-20,30H,21H2,1-4H3,(H,33,39).